The average molecular weight is 222 g/mol. The van der Waals surface area contributed by atoms with E-state index in [0.29, 0.717) is 0 Å². The second kappa shape index (κ2) is 3.45. The Kier molecular flexibility index (Phi) is 2.05. The van der Waals surface area contributed by atoms with Gasteiger partial charge in [-0.05, 0) is 43.2 Å². The molecule has 0 aliphatic heterocycles. The molecule has 2 N–H and O–H groups in total. The van der Waals surface area contributed by atoms with E-state index < -0.39 is 0 Å². The van der Waals surface area contributed by atoms with E-state index in [1.54, 1.807) is 0 Å². The third kappa shape index (κ3) is 1.45. The molecule has 2 heteroatoms. The Morgan fingerprint density at radius 3 is 2.53 bits per heavy atom. The second-order valence-electron chi connectivity index (χ2n) is 4.46. The molecule has 17 heavy (non-hydrogen) atoms. The highest BCUT2D eigenvalue weighted by Gasteiger charge is 2.06. The lowest BCUT2D eigenvalue weighted by Gasteiger charge is -2.09. The number of para-hydroxylation sites is 1. The van der Waals surface area contributed by atoms with Gasteiger partial charge in [0.15, 0.2) is 0 Å². The molecule has 0 unspecified atom stereocenters. The molecule has 0 amide bonds. The van der Waals surface area contributed by atoms with Crippen molar-refractivity contribution in [3.05, 3.63) is 47.5 Å². The number of nitrogens with two attached hydrogens (primary N) is 1. The minimum Gasteiger partial charge on any atom is -0.398 e. The number of hydrogen-bond donors (Lipinski definition) is 1. The normalized spacial score (nSPS) is 11.2. The number of anilines is 1. The molecule has 3 rings (SSSR count). The van der Waals surface area contributed by atoms with Gasteiger partial charge in [0.25, 0.3) is 0 Å². The summed E-state index contributed by atoms with van der Waals surface area (Å²) in [5.74, 6) is 0. The van der Waals surface area contributed by atoms with Crippen LogP contribution >= 0.6 is 0 Å². The summed E-state index contributed by atoms with van der Waals surface area (Å²) < 4.78 is 0. The van der Waals surface area contributed by atoms with Crippen LogP contribution in [0.5, 0.6) is 0 Å². The van der Waals surface area contributed by atoms with Crippen molar-refractivity contribution in [3.63, 3.8) is 0 Å². The third-order valence-electron chi connectivity index (χ3n) is 3.45. The van der Waals surface area contributed by atoms with Gasteiger partial charge in [-0.3, -0.25) is 0 Å². The Morgan fingerprint density at radius 1 is 0.941 bits per heavy atom. The van der Waals surface area contributed by atoms with Crippen LogP contribution in [0.15, 0.2) is 36.4 Å². The van der Waals surface area contributed by atoms with Crippen molar-refractivity contribution < 1.29 is 0 Å². The van der Waals surface area contributed by atoms with Gasteiger partial charge in [0.05, 0.1) is 11.0 Å². The molecule has 0 bridgehead atoms. The molecule has 0 fully saturated rings. The van der Waals surface area contributed by atoms with Gasteiger partial charge in [-0.25, -0.2) is 4.98 Å². The largest absolute Gasteiger partial charge is 0.398 e. The zero-order valence-electron chi connectivity index (χ0n) is 9.99. The van der Waals surface area contributed by atoms with Gasteiger partial charge < -0.3 is 5.73 Å². The van der Waals surface area contributed by atoms with Gasteiger partial charge in [0.1, 0.15) is 0 Å². The summed E-state index contributed by atoms with van der Waals surface area (Å²) in [5.41, 5.74) is 11.2. The van der Waals surface area contributed by atoms with Crippen molar-refractivity contribution in [2.45, 2.75) is 13.8 Å². The van der Waals surface area contributed by atoms with E-state index in [0.717, 1.165) is 22.3 Å². The summed E-state index contributed by atoms with van der Waals surface area (Å²) >= 11 is 0. The van der Waals surface area contributed by atoms with Crippen LogP contribution in [0.25, 0.3) is 21.8 Å². The third-order valence-corrected chi connectivity index (χ3v) is 3.45. The highest BCUT2D eigenvalue weighted by molar-refractivity contribution is 5.96. The van der Waals surface area contributed by atoms with E-state index in [1.807, 2.05) is 24.3 Å². The standard InChI is InChI=1S/C15H14N2/c1-9-10(2)13(16)8-15-12(9)7-11-5-3-4-6-14(11)17-15/h3-8H,16H2,1-2H3. The molecule has 2 nitrogen and oxygen atoms in total. The summed E-state index contributed by atoms with van der Waals surface area (Å²) in [7, 11) is 0. The topological polar surface area (TPSA) is 38.9 Å². The first-order chi connectivity index (χ1) is 8.16. The zero-order valence-corrected chi connectivity index (χ0v) is 9.99. The van der Waals surface area contributed by atoms with Gasteiger partial charge in [-0.2, -0.15) is 0 Å². The van der Waals surface area contributed by atoms with Gasteiger partial charge in [-0.15, -0.1) is 0 Å². The fourth-order valence-corrected chi connectivity index (χ4v) is 2.22. The van der Waals surface area contributed by atoms with E-state index in [9.17, 15) is 0 Å². The summed E-state index contributed by atoms with van der Waals surface area (Å²) in [5, 5.41) is 2.36. The number of aromatic nitrogens is 1. The van der Waals surface area contributed by atoms with Gasteiger partial charge in [-0.1, -0.05) is 18.2 Å². The highest BCUT2D eigenvalue weighted by Crippen LogP contribution is 2.27. The molecular weight excluding hydrogens is 208 g/mol. The molecule has 0 aliphatic carbocycles. The molecule has 0 aliphatic rings. The number of nitrogen functional groups attached to an aromatic ring is 1. The zero-order chi connectivity index (χ0) is 12.0. The molecule has 0 atom stereocenters. The van der Waals surface area contributed by atoms with E-state index >= 15 is 0 Å². The predicted molar refractivity (Wildman–Crippen MR) is 73.1 cm³/mol. The minimum absolute atomic E-state index is 0.817. The number of fused-ring (bicyclic) bond motifs is 2. The number of aryl methyl sites for hydroxylation is 1. The van der Waals surface area contributed by atoms with Crippen LogP contribution in [-0.2, 0) is 0 Å². The first-order valence-corrected chi connectivity index (χ1v) is 5.72. The molecule has 84 valence electrons. The van der Waals surface area contributed by atoms with Crippen molar-refractivity contribution >= 4 is 27.5 Å². The number of rotatable bonds is 0. The number of benzene rings is 2. The lowest BCUT2D eigenvalue weighted by Crippen LogP contribution is -1.95. The maximum absolute atomic E-state index is 5.99. The highest BCUT2D eigenvalue weighted by atomic mass is 14.7. The smallest absolute Gasteiger partial charge is 0.0733 e. The van der Waals surface area contributed by atoms with Crippen LogP contribution in [0.3, 0.4) is 0 Å². The van der Waals surface area contributed by atoms with Crippen LogP contribution in [-0.4, -0.2) is 4.98 Å². The van der Waals surface area contributed by atoms with Crippen molar-refractivity contribution in [3.8, 4) is 0 Å². The molecular formula is C15H14N2. The second-order valence-corrected chi connectivity index (χ2v) is 4.46. The summed E-state index contributed by atoms with van der Waals surface area (Å²) in [6.45, 7) is 4.16. The van der Waals surface area contributed by atoms with Gasteiger partial charge in [0, 0.05) is 16.5 Å². The molecule has 3 aromatic rings. The van der Waals surface area contributed by atoms with Gasteiger partial charge >= 0.3 is 0 Å². The SMILES string of the molecule is Cc1c(N)cc2nc3ccccc3cc2c1C. The Balaban J connectivity index is 2.52. The number of nitrogens with zero attached hydrogens (tertiary/aromatic N) is 1. The van der Waals surface area contributed by atoms with Crippen molar-refractivity contribution in [1.29, 1.82) is 0 Å². The fraction of sp³-hybridized carbons (Fsp3) is 0.133. The fourth-order valence-electron chi connectivity index (χ4n) is 2.22. The molecule has 0 saturated carbocycles. The molecule has 1 heterocycles. The monoisotopic (exact) mass is 222 g/mol. The summed E-state index contributed by atoms with van der Waals surface area (Å²) in [6, 6.07) is 12.3. The maximum Gasteiger partial charge on any atom is 0.0733 e. The van der Waals surface area contributed by atoms with Gasteiger partial charge in [0.2, 0.25) is 0 Å². The van der Waals surface area contributed by atoms with E-state index in [-0.39, 0.29) is 0 Å². The van der Waals surface area contributed by atoms with Crippen molar-refractivity contribution in [2.75, 3.05) is 5.73 Å². The van der Waals surface area contributed by atoms with Crippen LogP contribution in [0.2, 0.25) is 0 Å². The Labute approximate surface area is 100 Å². The summed E-state index contributed by atoms with van der Waals surface area (Å²) in [4.78, 5) is 4.66. The Morgan fingerprint density at radius 2 is 1.71 bits per heavy atom. The lowest BCUT2D eigenvalue weighted by molar-refractivity contribution is 1.36. The Bertz CT molecular complexity index is 730. The predicted octanol–water partition coefficient (Wildman–Crippen LogP) is 3.59. The molecule has 0 spiro atoms. The van der Waals surface area contributed by atoms with E-state index in [1.165, 1.54) is 16.3 Å². The van der Waals surface area contributed by atoms with Crippen LogP contribution in [0.1, 0.15) is 11.1 Å². The Hall–Kier alpha value is -2.09. The number of hydrogen-bond acceptors (Lipinski definition) is 2. The average Bonchev–Trinajstić information content (AvgIpc) is 2.34. The van der Waals surface area contributed by atoms with Crippen LogP contribution < -0.4 is 5.73 Å². The molecule has 2 aromatic carbocycles. The summed E-state index contributed by atoms with van der Waals surface area (Å²) in [6.07, 6.45) is 0. The van der Waals surface area contributed by atoms with Crippen LogP contribution in [0.4, 0.5) is 5.69 Å². The quantitative estimate of drug-likeness (QED) is 0.466. The van der Waals surface area contributed by atoms with Crippen molar-refractivity contribution in [2.24, 2.45) is 0 Å². The maximum atomic E-state index is 5.99. The number of pyridine rings is 1. The molecule has 1 aromatic heterocycles. The lowest BCUT2D eigenvalue weighted by atomic mass is 10.0. The molecule has 0 radical (unpaired) electrons. The van der Waals surface area contributed by atoms with E-state index in [4.69, 9.17) is 5.73 Å². The minimum atomic E-state index is 0.817. The van der Waals surface area contributed by atoms with E-state index in [2.05, 4.69) is 31.0 Å². The first kappa shape index (κ1) is 10.1. The van der Waals surface area contributed by atoms with Crippen LogP contribution in [0, 0.1) is 13.8 Å². The molecule has 0 saturated heterocycles. The first-order valence-electron chi connectivity index (χ1n) is 5.72. The van der Waals surface area contributed by atoms with Crippen molar-refractivity contribution in [1.82, 2.24) is 4.98 Å².